The van der Waals surface area contributed by atoms with Gasteiger partial charge < -0.3 is 10.6 Å². The summed E-state index contributed by atoms with van der Waals surface area (Å²) >= 11 is 0. The van der Waals surface area contributed by atoms with Gasteiger partial charge in [-0.2, -0.15) is 0 Å². The third kappa shape index (κ3) is 4.28. The van der Waals surface area contributed by atoms with Gasteiger partial charge in [0.15, 0.2) is 9.84 Å². The Balaban J connectivity index is 1.97. The van der Waals surface area contributed by atoms with Gasteiger partial charge in [-0.05, 0) is 49.1 Å². The molecule has 21 heavy (non-hydrogen) atoms. The first-order valence-corrected chi connectivity index (χ1v) is 8.98. The molecule has 6 heteroatoms. The summed E-state index contributed by atoms with van der Waals surface area (Å²) in [6.07, 6.45) is 3.36. The highest BCUT2D eigenvalue weighted by molar-refractivity contribution is 7.90. The molecule has 1 fully saturated rings. The molecule has 1 amide bonds. The number of benzene rings is 1. The lowest BCUT2D eigenvalue weighted by atomic mass is 9.83. The van der Waals surface area contributed by atoms with Crippen molar-refractivity contribution in [3.05, 3.63) is 29.8 Å². The van der Waals surface area contributed by atoms with Crippen molar-refractivity contribution < 1.29 is 13.2 Å². The van der Waals surface area contributed by atoms with Crippen LogP contribution in [-0.2, 0) is 9.84 Å². The van der Waals surface area contributed by atoms with Gasteiger partial charge in [0, 0.05) is 24.9 Å². The van der Waals surface area contributed by atoms with Crippen LogP contribution in [0.25, 0.3) is 0 Å². The summed E-state index contributed by atoms with van der Waals surface area (Å²) in [5, 5.41) is 6.28. The van der Waals surface area contributed by atoms with Crippen LogP contribution in [0.1, 0.15) is 30.1 Å². The minimum atomic E-state index is -3.22. The van der Waals surface area contributed by atoms with Crippen LogP contribution in [-0.4, -0.2) is 40.2 Å². The second kappa shape index (κ2) is 6.15. The smallest absolute Gasteiger partial charge is 0.251 e. The van der Waals surface area contributed by atoms with Gasteiger partial charge in [0.1, 0.15) is 0 Å². The number of rotatable bonds is 4. The van der Waals surface area contributed by atoms with E-state index in [9.17, 15) is 13.2 Å². The van der Waals surface area contributed by atoms with E-state index >= 15 is 0 Å². The SMILES string of the molecule is CC1(CNC(=O)c2ccc(S(C)(=O)=O)cc2)CCCNC1. The van der Waals surface area contributed by atoms with E-state index < -0.39 is 9.84 Å². The van der Waals surface area contributed by atoms with Crippen LogP contribution in [0.15, 0.2) is 29.2 Å². The second-order valence-corrected chi connectivity index (χ2v) is 8.09. The van der Waals surface area contributed by atoms with Crippen LogP contribution >= 0.6 is 0 Å². The summed E-state index contributed by atoms with van der Waals surface area (Å²) in [6.45, 7) is 4.72. The number of nitrogens with one attached hydrogen (secondary N) is 2. The summed E-state index contributed by atoms with van der Waals surface area (Å²) in [5.41, 5.74) is 0.565. The fourth-order valence-corrected chi connectivity index (χ4v) is 3.15. The van der Waals surface area contributed by atoms with Gasteiger partial charge >= 0.3 is 0 Å². The maximum Gasteiger partial charge on any atom is 0.251 e. The van der Waals surface area contributed by atoms with Gasteiger partial charge in [0.05, 0.1) is 4.90 Å². The first-order valence-electron chi connectivity index (χ1n) is 7.09. The Morgan fingerprint density at radius 3 is 2.52 bits per heavy atom. The van der Waals surface area contributed by atoms with E-state index in [-0.39, 0.29) is 16.2 Å². The maximum absolute atomic E-state index is 12.1. The number of piperidine rings is 1. The van der Waals surface area contributed by atoms with Crippen molar-refractivity contribution in [3.63, 3.8) is 0 Å². The van der Waals surface area contributed by atoms with Crippen LogP contribution in [0, 0.1) is 5.41 Å². The number of carbonyl (C=O) groups is 1. The predicted octanol–water partition coefficient (Wildman–Crippen LogP) is 1.21. The molecule has 1 unspecified atom stereocenters. The highest BCUT2D eigenvalue weighted by Gasteiger charge is 2.27. The van der Waals surface area contributed by atoms with Gasteiger partial charge in [-0.25, -0.2) is 8.42 Å². The maximum atomic E-state index is 12.1. The fourth-order valence-electron chi connectivity index (χ4n) is 2.52. The molecule has 0 saturated carbocycles. The van der Waals surface area contributed by atoms with E-state index in [4.69, 9.17) is 0 Å². The average molecular weight is 310 g/mol. The third-order valence-corrected chi connectivity index (χ3v) is 5.03. The van der Waals surface area contributed by atoms with E-state index in [1.807, 2.05) is 0 Å². The Hall–Kier alpha value is -1.40. The van der Waals surface area contributed by atoms with E-state index in [2.05, 4.69) is 17.6 Å². The largest absolute Gasteiger partial charge is 0.351 e. The fraction of sp³-hybridized carbons (Fsp3) is 0.533. The van der Waals surface area contributed by atoms with Crippen molar-refractivity contribution in [1.82, 2.24) is 10.6 Å². The molecule has 5 nitrogen and oxygen atoms in total. The van der Waals surface area contributed by atoms with Crippen molar-refractivity contribution in [2.75, 3.05) is 25.9 Å². The zero-order valence-corrected chi connectivity index (χ0v) is 13.3. The summed E-state index contributed by atoms with van der Waals surface area (Å²) in [7, 11) is -3.22. The minimum absolute atomic E-state index is 0.0839. The van der Waals surface area contributed by atoms with Gasteiger partial charge in [0.25, 0.3) is 5.91 Å². The molecular formula is C15H22N2O3S. The second-order valence-electron chi connectivity index (χ2n) is 6.07. The van der Waals surface area contributed by atoms with Gasteiger partial charge in [-0.3, -0.25) is 4.79 Å². The molecule has 1 aromatic carbocycles. The number of sulfone groups is 1. The molecule has 1 atom stereocenters. The molecule has 0 bridgehead atoms. The molecule has 1 aliphatic rings. The summed E-state index contributed by atoms with van der Waals surface area (Å²) < 4.78 is 22.8. The molecule has 0 radical (unpaired) electrons. The quantitative estimate of drug-likeness (QED) is 0.876. The first-order chi connectivity index (χ1) is 9.80. The van der Waals surface area contributed by atoms with Crippen LogP contribution < -0.4 is 10.6 Å². The normalized spacial score (nSPS) is 22.8. The summed E-state index contributed by atoms with van der Waals surface area (Å²) in [4.78, 5) is 12.3. The number of amides is 1. The molecule has 2 N–H and O–H groups in total. The number of carbonyl (C=O) groups excluding carboxylic acids is 1. The minimum Gasteiger partial charge on any atom is -0.351 e. The van der Waals surface area contributed by atoms with Crippen molar-refractivity contribution >= 4 is 15.7 Å². The number of hydrogen-bond donors (Lipinski definition) is 2. The Kier molecular flexibility index (Phi) is 4.68. The lowest BCUT2D eigenvalue weighted by molar-refractivity contribution is 0.0924. The van der Waals surface area contributed by atoms with Crippen molar-refractivity contribution in [2.45, 2.75) is 24.7 Å². The van der Waals surface area contributed by atoms with Gasteiger partial charge in [0.2, 0.25) is 0 Å². The van der Waals surface area contributed by atoms with Gasteiger partial charge in [-0.1, -0.05) is 6.92 Å². The van der Waals surface area contributed by atoms with Crippen molar-refractivity contribution in [2.24, 2.45) is 5.41 Å². The lowest BCUT2D eigenvalue weighted by Gasteiger charge is -2.34. The van der Waals surface area contributed by atoms with Crippen molar-refractivity contribution in [1.29, 1.82) is 0 Å². The standard InChI is InChI=1S/C15H22N2O3S/c1-15(8-3-9-16-10-15)11-17-14(18)12-4-6-13(7-5-12)21(2,19)20/h4-7,16H,3,8-11H2,1-2H3,(H,17,18). The monoisotopic (exact) mass is 310 g/mol. The first kappa shape index (κ1) is 16.0. The van der Waals surface area contributed by atoms with Crippen LogP contribution in [0.5, 0.6) is 0 Å². The Morgan fingerprint density at radius 2 is 2.00 bits per heavy atom. The van der Waals surface area contributed by atoms with E-state index in [0.29, 0.717) is 12.1 Å². The zero-order valence-electron chi connectivity index (χ0n) is 12.5. The van der Waals surface area contributed by atoms with E-state index in [0.717, 1.165) is 32.2 Å². The highest BCUT2D eigenvalue weighted by Crippen LogP contribution is 2.24. The molecule has 0 aromatic heterocycles. The molecule has 0 spiro atoms. The van der Waals surface area contributed by atoms with Crippen LogP contribution in [0.2, 0.25) is 0 Å². The molecule has 1 saturated heterocycles. The highest BCUT2D eigenvalue weighted by atomic mass is 32.2. The van der Waals surface area contributed by atoms with E-state index in [1.54, 1.807) is 12.1 Å². The van der Waals surface area contributed by atoms with Crippen molar-refractivity contribution in [3.8, 4) is 0 Å². The zero-order chi connectivity index (χ0) is 15.5. The molecule has 116 valence electrons. The summed E-state index contributed by atoms with van der Waals surface area (Å²) in [6, 6.07) is 6.03. The molecule has 0 aliphatic carbocycles. The Labute approximate surface area is 126 Å². The predicted molar refractivity (Wildman–Crippen MR) is 82.1 cm³/mol. The molecular weight excluding hydrogens is 288 g/mol. The van der Waals surface area contributed by atoms with Crippen LogP contribution in [0.3, 0.4) is 0 Å². The molecule has 1 aromatic rings. The number of hydrogen-bond acceptors (Lipinski definition) is 4. The topological polar surface area (TPSA) is 75.3 Å². The Bertz CT molecular complexity index is 602. The molecule has 2 rings (SSSR count). The third-order valence-electron chi connectivity index (χ3n) is 3.91. The van der Waals surface area contributed by atoms with Gasteiger partial charge in [-0.15, -0.1) is 0 Å². The molecule has 1 aliphatic heterocycles. The summed E-state index contributed by atoms with van der Waals surface area (Å²) in [5.74, 6) is -0.165. The lowest BCUT2D eigenvalue weighted by Crippen LogP contribution is -2.45. The van der Waals surface area contributed by atoms with E-state index in [1.165, 1.54) is 12.1 Å². The Morgan fingerprint density at radius 1 is 1.33 bits per heavy atom. The average Bonchev–Trinajstić information content (AvgIpc) is 2.45. The van der Waals surface area contributed by atoms with Crippen LogP contribution in [0.4, 0.5) is 0 Å². The molecule has 1 heterocycles.